The van der Waals surface area contributed by atoms with Gasteiger partial charge in [-0.1, -0.05) is 0 Å². The quantitative estimate of drug-likeness (QED) is 0.370. The molecule has 0 rings (SSSR count). The van der Waals surface area contributed by atoms with Gasteiger partial charge in [0.15, 0.2) is 0 Å². The van der Waals surface area contributed by atoms with E-state index < -0.39 is 0 Å². The molecule has 0 aromatic heterocycles. The molecule has 7 heteroatoms. The molecule has 0 saturated heterocycles. The Morgan fingerprint density at radius 1 is 0.571 bits per heavy atom. The molecule has 0 N–H and O–H groups in total. The van der Waals surface area contributed by atoms with Crippen molar-refractivity contribution in [2.45, 2.75) is 0 Å². The van der Waals surface area contributed by atoms with Crippen LogP contribution in [0.25, 0.3) is 0 Å². The molecule has 0 fully saturated rings. The van der Waals surface area contributed by atoms with Gasteiger partial charge in [0.05, 0.1) is 12.4 Å². The van der Waals surface area contributed by atoms with Crippen LogP contribution in [0.4, 0.5) is 0 Å². The van der Waals surface area contributed by atoms with Crippen molar-refractivity contribution in [3.05, 3.63) is 0 Å². The van der Waals surface area contributed by atoms with Gasteiger partial charge in [-0.2, -0.15) is 0 Å². The summed E-state index contributed by atoms with van der Waals surface area (Å²) in [6.07, 6.45) is 0. The molecule has 0 bridgehead atoms. The van der Waals surface area contributed by atoms with Crippen molar-refractivity contribution in [2.75, 3.05) is 0 Å². The Kier molecular flexibility index (Phi) is 561. The van der Waals surface area contributed by atoms with Crippen LogP contribution in [-0.4, -0.2) is 37.7 Å². The third-order valence-corrected chi connectivity index (χ3v) is 0. The van der Waals surface area contributed by atoms with Gasteiger partial charge in [-0.3, -0.25) is 0 Å². The van der Waals surface area contributed by atoms with E-state index in [0.717, 1.165) is 0 Å². The van der Waals surface area contributed by atoms with Crippen LogP contribution < -0.4 is 79.2 Å². The molecule has 0 atom stereocenters. The fourth-order valence-electron chi connectivity index (χ4n) is 0. The smallest absolute Gasteiger partial charge is 1.00 e. The first-order chi connectivity index (χ1) is 0. The first-order valence-corrected chi connectivity index (χ1v) is 0. The molecule has 0 aliphatic rings. The topological polar surface area (TPSA) is 0 Å². The molecule has 0 unspecified atom stereocenters. The summed E-state index contributed by atoms with van der Waals surface area (Å²) >= 11 is 0. The van der Waals surface area contributed by atoms with Crippen LogP contribution >= 0.6 is 0 Å². The predicted molar refractivity (Wildman–Crippen MR) is 8.54 cm³/mol. The Hall–Kier alpha value is 3.71. The first kappa shape index (κ1) is 73.4. The van der Waals surface area contributed by atoms with Crippen molar-refractivity contribution in [1.29, 1.82) is 0 Å². The van der Waals surface area contributed by atoms with E-state index in [0.29, 0.717) is 0 Å². The Bertz CT molecular complexity index is 8.04. The molecule has 7 heavy (non-hydrogen) atoms. The van der Waals surface area contributed by atoms with Gasteiger partial charge < -0.3 is 49.6 Å². The standard InChI is InChI=1S/Ca.ClH2.4ClH.Na/h;1H2;4*1H;/q+2;+1;;;;;+1/p-4. The summed E-state index contributed by atoms with van der Waals surface area (Å²) in [5.74, 6) is 0. The summed E-state index contributed by atoms with van der Waals surface area (Å²) in [6, 6.07) is 0. The summed E-state index contributed by atoms with van der Waals surface area (Å²) in [5.41, 5.74) is 0. The molecule has 40 valence electrons. The van der Waals surface area contributed by atoms with E-state index in [2.05, 4.69) is 0 Å². The van der Waals surface area contributed by atoms with Gasteiger partial charge in [0.1, 0.15) is 0 Å². The van der Waals surface area contributed by atoms with Gasteiger partial charge in [0.2, 0.25) is 0 Å². The molecule has 0 saturated carbocycles. The minimum atomic E-state index is 0. The molecule has 0 radical (unpaired) electrons. The summed E-state index contributed by atoms with van der Waals surface area (Å²) < 4.78 is 0. The molecule has 0 aromatic rings. The van der Waals surface area contributed by atoms with Crippen LogP contribution in [0.3, 0.4) is 0 Å². The van der Waals surface area contributed by atoms with Gasteiger partial charge in [-0.15, -0.1) is 0 Å². The second kappa shape index (κ2) is 53.5. The monoisotopic (exact) mass is 240 g/mol. The van der Waals surface area contributed by atoms with Crippen molar-refractivity contribution < 1.29 is 91.6 Å². The van der Waals surface area contributed by atoms with Crippen molar-refractivity contribution in [3.63, 3.8) is 0 Å². The number of rotatable bonds is 0. The van der Waals surface area contributed by atoms with E-state index in [-0.39, 0.29) is 129 Å². The Labute approximate surface area is 127 Å². The maximum atomic E-state index is 0. The average molecular weight is 242 g/mol. The molecule has 0 nitrogen and oxygen atoms in total. The molecule has 0 aliphatic heterocycles. The fourth-order valence-corrected chi connectivity index (χ4v) is 0. The maximum absolute atomic E-state index is 0. The van der Waals surface area contributed by atoms with E-state index in [1.165, 1.54) is 0 Å². The third kappa shape index (κ3) is 41.9. The van der Waals surface area contributed by atoms with Crippen LogP contribution in [0.15, 0.2) is 0 Å². The van der Waals surface area contributed by atoms with Crippen molar-refractivity contribution in [3.8, 4) is 0 Å². The van der Waals surface area contributed by atoms with Crippen LogP contribution in [0.1, 0.15) is 0 Å². The minimum Gasteiger partial charge on any atom is -1.00 e. The van der Waals surface area contributed by atoms with Crippen molar-refractivity contribution in [2.24, 2.45) is 0 Å². The first-order valence-electron chi connectivity index (χ1n) is 0. The number of hydrogen-bond acceptors (Lipinski definition) is 0. The normalized spacial score (nSPS) is 0. The SMILES string of the molecule is [Ca+2].[Cl-].[Cl-].[Cl-].[Cl-].[ClH2+].[Na+]. The Morgan fingerprint density at radius 3 is 0.571 bits per heavy atom. The van der Waals surface area contributed by atoms with Crippen LogP contribution in [0.5, 0.6) is 0 Å². The Morgan fingerprint density at radius 2 is 0.571 bits per heavy atom. The summed E-state index contributed by atoms with van der Waals surface area (Å²) in [7, 11) is 0. The van der Waals surface area contributed by atoms with Gasteiger partial charge >= 0.3 is 67.3 Å². The predicted octanol–water partition coefficient (Wildman–Crippen LogP) is -15.9. The molecular formula is H2CaCl5Na. The van der Waals surface area contributed by atoms with Crippen LogP contribution in [-0.2, 0) is 0 Å². The molecule has 0 amide bonds. The summed E-state index contributed by atoms with van der Waals surface area (Å²) in [4.78, 5) is 0. The second-order valence-electron chi connectivity index (χ2n) is 0. The average Bonchev–Trinajstić information content (AvgIpc) is 0. The van der Waals surface area contributed by atoms with E-state index in [1.807, 2.05) is 0 Å². The van der Waals surface area contributed by atoms with Gasteiger partial charge in [0, 0.05) is 0 Å². The van der Waals surface area contributed by atoms with E-state index in [4.69, 9.17) is 0 Å². The zero-order valence-corrected chi connectivity index (χ0v) is 11.8. The second-order valence-corrected chi connectivity index (χ2v) is 0. The van der Waals surface area contributed by atoms with E-state index >= 15 is 0 Å². The molecule has 0 heterocycles. The minimum absolute atomic E-state index is 0. The molecule has 0 aliphatic carbocycles. The zero-order chi connectivity index (χ0) is 0. The summed E-state index contributed by atoms with van der Waals surface area (Å²) in [5, 5.41) is 0. The molecule has 0 spiro atoms. The molecule has 0 aromatic carbocycles. The van der Waals surface area contributed by atoms with Crippen LogP contribution in [0, 0.1) is 12.4 Å². The van der Waals surface area contributed by atoms with Crippen molar-refractivity contribution in [1.82, 2.24) is 0 Å². The van der Waals surface area contributed by atoms with Gasteiger partial charge in [-0.25, -0.2) is 0 Å². The zero-order valence-electron chi connectivity index (χ0n) is 3.67. The van der Waals surface area contributed by atoms with Gasteiger partial charge in [-0.05, 0) is 0 Å². The van der Waals surface area contributed by atoms with Crippen LogP contribution in [0.2, 0.25) is 0 Å². The third-order valence-electron chi connectivity index (χ3n) is 0. The van der Waals surface area contributed by atoms with Crippen molar-refractivity contribution >= 4 is 37.7 Å². The Balaban J connectivity index is 0. The van der Waals surface area contributed by atoms with Gasteiger partial charge in [0.25, 0.3) is 0 Å². The number of halogens is 5. The largest absolute Gasteiger partial charge is 2.00 e. The maximum Gasteiger partial charge on any atom is 2.00 e. The van der Waals surface area contributed by atoms with E-state index in [1.54, 1.807) is 0 Å². The fraction of sp³-hybridized carbons (Fsp3) is 0. The van der Waals surface area contributed by atoms with E-state index in [9.17, 15) is 0 Å². The summed E-state index contributed by atoms with van der Waals surface area (Å²) in [6.45, 7) is 0. The number of hydrogen-bond donors (Lipinski definition) is 0. The molecular weight excluding hydrogens is 240 g/mol.